The van der Waals surface area contributed by atoms with Gasteiger partial charge < -0.3 is 14.7 Å². The van der Waals surface area contributed by atoms with Gasteiger partial charge in [0.1, 0.15) is 0 Å². The molecule has 1 atom stereocenters. The molecule has 1 unspecified atom stereocenters. The highest BCUT2D eigenvalue weighted by atomic mass is 16.5. The highest BCUT2D eigenvalue weighted by Gasteiger charge is 2.18. The minimum atomic E-state index is -0.482. The molecule has 5 heteroatoms. The van der Waals surface area contributed by atoms with Gasteiger partial charge in [-0.15, -0.1) is 0 Å². The molecular weight excluding hydrogens is 232 g/mol. The van der Waals surface area contributed by atoms with Gasteiger partial charge in [0.15, 0.2) is 0 Å². The van der Waals surface area contributed by atoms with E-state index < -0.39 is 6.10 Å². The topological polar surface area (TPSA) is 53.0 Å². The third kappa shape index (κ3) is 5.80. The fourth-order valence-electron chi connectivity index (χ4n) is 2.06. The maximum atomic E-state index is 11.8. The number of β-amino-alcohol motifs (C(OH)–C–C–N with tert-alkyl or cyclic N) is 1. The van der Waals surface area contributed by atoms with Crippen LogP contribution in [0.4, 0.5) is 0 Å². The highest BCUT2D eigenvalue weighted by molar-refractivity contribution is 5.76. The van der Waals surface area contributed by atoms with Crippen molar-refractivity contribution in [3.8, 4) is 0 Å². The summed E-state index contributed by atoms with van der Waals surface area (Å²) in [5.41, 5.74) is 0. The Labute approximate surface area is 110 Å². The van der Waals surface area contributed by atoms with E-state index in [0.29, 0.717) is 25.4 Å². The average Bonchev–Trinajstić information content (AvgIpc) is 2.29. The Bertz CT molecular complexity index is 253. The Balaban J connectivity index is 2.25. The predicted molar refractivity (Wildman–Crippen MR) is 70.4 cm³/mol. The van der Waals surface area contributed by atoms with E-state index in [1.165, 1.54) is 0 Å². The summed E-state index contributed by atoms with van der Waals surface area (Å²) in [6.45, 7) is 8.25. The molecule has 1 fully saturated rings. The molecule has 0 aromatic rings. The van der Waals surface area contributed by atoms with Crippen molar-refractivity contribution in [2.45, 2.75) is 26.4 Å². The zero-order chi connectivity index (χ0) is 13.5. The molecule has 1 aliphatic rings. The van der Waals surface area contributed by atoms with Crippen molar-refractivity contribution in [2.75, 3.05) is 46.4 Å². The number of ether oxygens (including phenoxy) is 1. The van der Waals surface area contributed by atoms with Gasteiger partial charge in [-0.3, -0.25) is 9.69 Å². The fraction of sp³-hybridized carbons (Fsp3) is 0.923. The van der Waals surface area contributed by atoms with E-state index >= 15 is 0 Å². The van der Waals surface area contributed by atoms with Gasteiger partial charge >= 0.3 is 0 Å². The number of carbonyl (C=O) groups is 1. The number of rotatable bonds is 6. The van der Waals surface area contributed by atoms with Crippen molar-refractivity contribution in [2.24, 2.45) is 5.92 Å². The Kier molecular flexibility index (Phi) is 6.60. The molecule has 0 radical (unpaired) electrons. The molecule has 0 aromatic carbocycles. The molecule has 0 bridgehead atoms. The third-order valence-corrected chi connectivity index (χ3v) is 3.07. The minimum absolute atomic E-state index is 0.103. The van der Waals surface area contributed by atoms with E-state index in [2.05, 4.69) is 4.90 Å². The lowest BCUT2D eigenvalue weighted by atomic mass is 10.1. The van der Waals surface area contributed by atoms with Gasteiger partial charge in [-0.25, -0.2) is 0 Å². The van der Waals surface area contributed by atoms with Crippen molar-refractivity contribution in [3.05, 3.63) is 0 Å². The molecule has 1 heterocycles. The quantitative estimate of drug-likeness (QED) is 0.738. The van der Waals surface area contributed by atoms with Crippen molar-refractivity contribution in [1.29, 1.82) is 0 Å². The third-order valence-electron chi connectivity index (χ3n) is 3.07. The normalized spacial score (nSPS) is 18.9. The number of morpholine rings is 1. The number of carbonyl (C=O) groups excluding carboxylic acids is 1. The zero-order valence-corrected chi connectivity index (χ0v) is 11.8. The lowest BCUT2D eigenvalue weighted by molar-refractivity contribution is -0.132. The maximum Gasteiger partial charge on any atom is 0.222 e. The molecule has 0 saturated carbocycles. The lowest BCUT2D eigenvalue weighted by Gasteiger charge is -2.30. The summed E-state index contributed by atoms with van der Waals surface area (Å²) >= 11 is 0. The average molecular weight is 258 g/mol. The lowest BCUT2D eigenvalue weighted by Crippen LogP contribution is -2.45. The first kappa shape index (κ1) is 15.4. The highest BCUT2D eigenvalue weighted by Crippen LogP contribution is 2.04. The minimum Gasteiger partial charge on any atom is -0.390 e. The smallest absolute Gasteiger partial charge is 0.222 e. The van der Waals surface area contributed by atoms with Crippen LogP contribution in [0.1, 0.15) is 20.3 Å². The van der Waals surface area contributed by atoms with Crippen molar-refractivity contribution >= 4 is 5.91 Å². The zero-order valence-electron chi connectivity index (χ0n) is 11.8. The molecule has 0 spiro atoms. The van der Waals surface area contributed by atoms with Gasteiger partial charge in [0.25, 0.3) is 0 Å². The van der Waals surface area contributed by atoms with Crippen LogP contribution in [-0.4, -0.2) is 73.4 Å². The van der Waals surface area contributed by atoms with E-state index in [1.807, 2.05) is 13.8 Å². The summed E-state index contributed by atoms with van der Waals surface area (Å²) < 4.78 is 5.26. The number of amides is 1. The van der Waals surface area contributed by atoms with Crippen LogP contribution < -0.4 is 0 Å². The van der Waals surface area contributed by atoms with Crippen LogP contribution >= 0.6 is 0 Å². The Morgan fingerprint density at radius 2 is 2.00 bits per heavy atom. The first-order chi connectivity index (χ1) is 8.49. The van der Waals surface area contributed by atoms with Crippen LogP contribution in [-0.2, 0) is 9.53 Å². The molecular formula is C13H26N2O3. The Morgan fingerprint density at radius 3 is 2.56 bits per heavy atom. The second kappa shape index (κ2) is 7.71. The van der Waals surface area contributed by atoms with Crippen molar-refractivity contribution in [3.63, 3.8) is 0 Å². The fourth-order valence-corrected chi connectivity index (χ4v) is 2.06. The van der Waals surface area contributed by atoms with E-state index in [1.54, 1.807) is 11.9 Å². The van der Waals surface area contributed by atoms with Crippen LogP contribution in [0, 0.1) is 5.92 Å². The SMILES string of the molecule is CC(C)CC(=O)N(C)CC(O)CN1CCOCC1. The molecule has 5 nitrogen and oxygen atoms in total. The molecule has 1 amide bonds. The molecule has 1 N–H and O–H groups in total. The number of likely N-dealkylation sites (N-methyl/N-ethyl adjacent to an activating group) is 1. The Hall–Kier alpha value is -0.650. The van der Waals surface area contributed by atoms with Crippen LogP contribution in [0.2, 0.25) is 0 Å². The van der Waals surface area contributed by atoms with Crippen LogP contribution in [0.5, 0.6) is 0 Å². The molecule has 1 saturated heterocycles. The summed E-state index contributed by atoms with van der Waals surface area (Å²) in [5.74, 6) is 0.461. The van der Waals surface area contributed by atoms with Crippen LogP contribution in [0.15, 0.2) is 0 Å². The van der Waals surface area contributed by atoms with Crippen LogP contribution in [0.25, 0.3) is 0 Å². The van der Waals surface area contributed by atoms with E-state index in [0.717, 1.165) is 26.3 Å². The van der Waals surface area contributed by atoms with Gasteiger partial charge in [0.05, 0.1) is 19.3 Å². The largest absolute Gasteiger partial charge is 0.390 e. The van der Waals surface area contributed by atoms with Crippen molar-refractivity contribution < 1.29 is 14.6 Å². The second-order valence-electron chi connectivity index (χ2n) is 5.44. The van der Waals surface area contributed by atoms with E-state index in [9.17, 15) is 9.90 Å². The van der Waals surface area contributed by atoms with Gasteiger partial charge in [0, 0.05) is 39.6 Å². The number of nitrogens with zero attached hydrogens (tertiary/aromatic N) is 2. The standard InChI is InChI=1S/C13H26N2O3/c1-11(2)8-13(17)14(3)9-12(16)10-15-4-6-18-7-5-15/h11-12,16H,4-10H2,1-3H3. The number of hydrogen-bond donors (Lipinski definition) is 1. The molecule has 1 aliphatic heterocycles. The molecule has 0 aromatic heterocycles. The summed E-state index contributed by atoms with van der Waals surface area (Å²) in [6, 6.07) is 0. The van der Waals surface area contributed by atoms with Crippen LogP contribution in [0.3, 0.4) is 0 Å². The number of aliphatic hydroxyl groups is 1. The predicted octanol–water partition coefficient (Wildman–Crippen LogP) is 0.184. The first-order valence-electron chi connectivity index (χ1n) is 6.71. The summed E-state index contributed by atoms with van der Waals surface area (Å²) in [4.78, 5) is 15.6. The second-order valence-corrected chi connectivity index (χ2v) is 5.44. The Morgan fingerprint density at radius 1 is 1.39 bits per heavy atom. The molecule has 1 rings (SSSR count). The van der Waals surface area contributed by atoms with Gasteiger partial charge in [-0.1, -0.05) is 13.8 Å². The van der Waals surface area contributed by atoms with Crippen molar-refractivity contribution in [1.82, 2.24) is 9.80 Å². The van der Waals surface area contributed by atoms with Gasteiger partial charge in [-0.2, -0.15) is 0 Å². The van der Waals surface area contributed by atoms with Gasteiger partial charge in [0.2, 0.25) is 5.91 Å². The summed E-state index contributed by atoms with van der Waals surface area (Å²) in [7, 11) is 1.76. The maximum absolute atomic E-state index is 11.8. The monoisotopic (exact) mass is 258 g/mol. The molecule has 106 valence electrons. The number of hydrogen-bond acceptors (Lipinski definition) is 4. The summed E-state index contributed by atoms with van der Waals surface area (Å²) in [5, 5.41) is 9.98. The molecule has 18 heavy (non-hydrogen) atoms. The summed E-state index contributed by atoms with van der Waals surface area (Å²) in [6.07, 6.45) is 0.0602. The first-order valence-corrected chi connectivity index (χ1v) is 6.71. The molecule has 0 aliphatic carbocycles. The van der Waals surface area contributed by atoms with E-state index in [-0.39, 0.29) is 5.91 Å². The number of aliphatic hydroxyl groups excluding tert-OH is 1. The van der Waals surface area contributed by atoms with E-state index in [4.69, 9.17) is 4.74 Å². The van der Waals surface area contributed by atoms with Gasteiger partial charge in [-0.05, 0) is 5.92 Å².